The van der Waals surface area contributed by atoms with Gasteiger partial charge in [-0.05, 0) is 48.7 Å². The van der Waals surface area contributed by atoms with Gasteiger partial charge in [0.15, 0.2) is 5.17 Å². The van der Waals surface area contributed by atoms with E-state index >= 15 is 0 Å². The Bertz CT molecular complexity index is 1530. The molecule has 1 fully saturated rings. The van der Waals surface area contributed by atoms with Crippen LogP contribution in [-0.2, 0) is 9.59 Å². The van der Waals surface area contributed by atoms with E-state index < -0.39 is 34.3 Å². The molecule has 38 heavy (non-hydrogen) atoms. The van der Waals surface area contributed by atoms with Gasteiger partial charge in [-0.3, -0.25) is 24.4 Å². The highest BCUT2D eigenvalue weighted by molar-refractivity contribution is 8.15. The molecule has 11 nitrogen and oxygen atoms in total. The molecule has 0 bridgehead atoms. The van der Waals surface area contributed by atoms with E-state index in [1.165, 1.54) is 0 Å². The molecule has 0 radical (unpaired) electrons. The number of benzene rings is 2. The third-order valence-corrected chi connectivity index (χ3v) is 7.33. The average Bonchev–Trinajstić information content (AvgIpc) is 3.19. The fourth-order valence-electron chi connectivity index (χ4n) is 3.97. The number of aryl methyl sites for hydroxylation is 1. The fourth-order valence-corrected chi connectivity index (χ4v) is 4.97. The van der Waals surface area contributed by atoms with Gasteiger partial charge in [0.2, 0.25) is 17.7 Å². The Hall–Kier alpha value is -4.32. The van der Waals surface area contributed by atoms with Crippen molar-refractivity contribution in [3.63, 3.8) is 0 Å². The van der Waals surface area contributed by atoms with Crippen LogP contribution in [0.15, 0.2) is 57.0 Å². The molecule has 3 aromatic rings. The van der Waals surface area contributed by atoms with Gasteiger partial charge >= 0.3 is 5.69 Å². The van der Waals surface area contributed by atoms with Gasteiger partial charge in [0.1, 0.15) is 16.9 Å². The number of nitrogens with one attached hydrogen (secondary N) is 4. The first-order valence-electron chi connectivity index (χ1n) is 11.8. The molecule has 4 rings (SSSR count). The van der Waals surface area contributed by atoms with Gasteiger partial charge in [0, 0.05) is 31.9 Å². The number of aliphatic imine (C=N–C) groups is 1. The number of hydrogen-bond acceptors (Lipinski definition) is 8. The maximum Gasteiger partial charge on any atom is 0.328 e. The molecule has 1 aliphatic heterocycles. The highest BCUT2D eigenvalue weighted by Gasteiger charge is 2.34. The minimum Gasteiger partial charge on any atom is -0.494 e. The maximum absolute atomic E-state index is 12.7. The van der Waals surface area contributed by atoms with Crippen LogP contribution in [0.25, 0.3) is 0 Å². The number of aromatic hydroxyl groups is 1. The summed E-state index contributed by atoms with van der Waals surface area (Å²) in [6.45, 7) is 3.86. The molecule has 1 saturated heterocycles. The number of nitrogens with zero attached hydrogens (tertiary/aromatic N) is 2. The van der Waals surface area contributed by atoms with E-state index in [-0.39, 0.29) is 23.1 Å². The van der Waals surface area contributed by atoms with Crippen LogP contribution in [0.5, 0.6) is 5.88 Å². The topological polar surface area (TPSA) is 160 Å². The summed E-state index contributed by atoms with van der Waals surface area (Å²) < 4.78 is 0. The molecule has 0 saturated carbocycles. The summed E-state index contributed by atoms with van der Waals surface area (Å²) in [7, 11) is 3.76. The SMILES string of the molecule is Cc1cccc(NC(=O)CC2SC(=NC(c3ccc(N(C)C)cc3)c3c(O)[nH]c(=O)[nH]c3=O)NC2=O)c1C. The van der Waals surface area contributed by atoms with E-state index in [2.05, 4.69) is 25.6 Å². The van der Waals surface area contributed by atoms with Gasteiger partial charge in [0.25, 0.3) is 5.56 Å². The van der Waals surface area contributed by atoms with Gasteiger partial charge in [-0.1, -0.05) is 36.0 Å². The molecule has 2 heterocycles. The maximum atomic E-state index is 12.7. The van der Waals surface area contributed by atoms with E-state index in [0.717, 1.165) is 28.6 Å². The Morgan fingerprint density at radius 2 is 1.82 bits per heavy atom. The van der Waals surface area contributed by atoms with Crippen molar-refractivity contribution >= 4 is 40.1 Å². The normalized spacial score (nSPS) is 16.8. The van der Waals surface area contributed by atoms with Gasteiger partial charge in [-0.25, -0.2) is 9.79 Å². The Morgan fingerprint density at radius 3 is 2.47 bits per heavy atom. The number of H-pyrrole nitrogens is 2. The minimum atomic E-state index is -1.04. The molecule has 1 aromatic heterocycles. The molecule has 2 amide bonds. The van der Waals surface area contributed by atoms with Crippen molar-refractivity contribution < 1.29 is 14.7 Å². The van der Waals surface area contributed by atoms with E-state index in [9.17, 15) is 24.3 Å². The standard InChI is InChI=1S/C26H28N6O5S/c1-13-6-5-7-17(14(13)2)27-19(33)12-18-22(34)31-26(38-18)28-21(15-8-10-16(11-9-15)32(3)4)20-23(35)29-25(37)30-24(20)36/h5-11,18,21H,12H2,1-4H3,(H,27,33)(H,28,31,34)(H3,29,30,35,36,37). The smallest absolute Gasteiger partial charge is 0.328 e. The van der Waals surface area contributed by atoms with E-state index in [0.29, 0.717) is 11.3 Å². The third kappa shape index (κ3) is 5.80. The molecular weight excluding hydrogens is 508 g/mol. The number of hydrogen-bond donors (Lipinski definition) is 5. The van der Waals surface area contributed by atoms with Gasteiger partial charge in [-0.2, -0.15) is 0 Å². The number of carbonyl (C=O) groups is 2. The molecule has 198 valence electrons. The lowest BCUT2D eigenvalue weighted by Gasteiger charge is -2.17. The number of thioether (sulfide) groups is 1. The summed E-state index contributed by atoms with van der Waals surface area (Å²) in [5, 5.41) is 15.4. The lowest BCUT2D eigenvalue weighted by Crippen LogP contribution is -2.29. The van der Waals surface area contributed by atoms with Gasteiger partial charge in [-0.15, -0.1) is 0 Å². The molecule has 12 heteroatoms. The van der Waals surface area contributed by atoms with E-state index in [1.54, 1.807) is 18.2 Å². The Kier molecular flexibility index (Phi) is 7.72. The second kappa shape index (κ2) is 11.0. The molecule has 2 unspecified atom stereocenters. The monoisotopic (exact) mass is 536 g/mol. The molecule has 2 aromatic carbocycles. The fraction of sp³-hybridized carbons (Fsp3) is 0.269. The van der Waals surface area contributed by atoms with Crippen molar-refractivity contribution in [2.45, 2.75) is 31.6 Å². The second-order valence-corrected chi connectivity index (χ2v) is 10.3. The Labute approximate surface area is 222 Å². The molecule has 0 aliphatic carbocycles. The number of rotatable bonds is 7. The van der Waals surface area contributed by atoms with E-state index in [4.69, 9.17) is 0 Å². The quantitative estimate of drug-likeness (QED) is 0.309. The largest absolute Gasteiger partial charge is 0.494 e. The van der Waals surface area contributed by atoms with Crippen LogP contribution in [0.4, 0.5) is 11.4 Å². The van der Waals surface area contributed by atoms with Crippen LogP contribution in [-0.4, -0.2) is 51.4 Å². The number of amidine groups is 1. The Balaban J connectivity index is 1.61. The van der Waals surface area contributed by atoms with Crippen LogP contribution in [0.2, 0.25) is 0 Å². The van der Waals surface area contributed by atoms with Crippen molar-refractivity contribution in [3.8, 4) is 5.88 Å². The van der Waals surface area contributed by atoms with Crippen LogP contribution in [0.1, 0.15) is 34.7 Å². The van der Waals surface area contributed by atoms with Gasteiger partial charge < -0.3 is 20.6 Å². The molecule has 2 atom stereocenters. The highest BCUT2D eigenvalue weighted by Crippen LogP contribution is 2.32. The van der Waals surface area contributed by atoms with Crippen molar-refractivity contribution in [1.29, 1.82) is 0 Å². The second-order valence-electron chi connectivity index (χ2n) is 9.09. The van der Waals surface area contributed by atoms with Crippen molar-refractivity contribution in [2.24, 2.45) is 4.99 Å². The molecule has 0 spiro atoms. The van der Waals surface area contributed by atoms with Crippen LogP contribution in [0, 0.1) is 13.8 Å². The van der Waals surface area contributed by atoms with Crippen LogP contribution >= 0.6 is 11.8 Å². The van der Waals surface area contributed by atoms with Crippen LogP contribution < -0.4 is 26.8 Å². The predicted octanol–water partition coefficient (Wildman–Crippen LogP) is 2.16. The van der Waals surface area contributed by atoms with Crippen molar-refractivity contribution in [2.75, 3.05) is 24.3 Å². The summed E-state index contributed by atoms with van der Waals surface area (Å²) in [5.41, 5.74) is 2.26. The minimum absolute atomic E-state index is 0.0877. The summed E-state index contributed by atoms with van der Waals surface area (Å²) in [5.74, 6) is -1.34. The number of carbonyl (C=O) groups excluding carboxylic acids is 2. The lowest BCUT2D eigenvalue weighted by molar-refractivity contribution is -0.122. The van der Waals surface area contributed by atoms with E-state index in [1.807, 2.05) is 57.1 Å². The zero-order valence-electron chi connectivity index (χ0n) is 21.3. The molecule has 5 N–H and O–H groups in total. The zero-order chi connectivity index (χ0) is 27.6. The van der Waals surface area contributed by atoms with Crippen LogP contribution in [0.3, 0.4) is 0 Å². The number of amides is 2. The number of anilines is 2. The number of aromatic nitrogens is 2. The summed E-state index contributed by atoms with van der Waals surface area (Å²) in [6.07, 6.45) is -0.0877. The average molecular weight is 537 g/mol. The summed E-state index contributed by atoms with van der Waals surface area (Å²) in [6, 6.07) is 11.7. The summed E-state index contributed by atoms with van der Waals surface area (Å²) >= 11 is 1.06. The highest BCUT2D eigenvalue weighted by atomic mass is 32.2. The van der Waals surface area contributed by atoms with Crippen molar-refractivity contribution in [3.05, 3.63) is 85.6 Å². The zero-order valence-corrected chi connectivity index (χ0v) is 22.1. The number of aromatic amines is 2. The van der Waals surface area contributed by atoms with Gasteiger partial charge in [0.05, 0.1) is 0 Å². The Morgan fingerprint density at radius 1 is 1.11 bits per heavy atom. The first kappa shape index (κ1) is 26.7. The predicted molar refractivity (Wildman–Crippen MR) is 148 cm³/mol. The first-order valence-corrected chi connectivity index (χ1v) is 12.7. The first-order chi connectivity index (χ1) is 18.0. The summed E-state index contributed by atoms with van der Waals surface area (Å²) in [4.78, 5) is 60.4. The molecule has 1 aliphatic rings. The third-order valence-electron chi connectivity index (χ3n) is 6.23. The van der Waals surface area contributed by atoms with Crippen molar-refractivity contribution in [1.82, 2.24) is 15.3 Å². The lowest BCUT2D eigenvalue weighted by atomic mass is 10.0. The molecular formula is C26H28N6O5S.